The lowest BCUT2D eigenvalue weighted by Crippen LogP contribution is -2.53. The van der Waals surface area contributed by atoms with Crippen molar-refractivity contribution >= 4 is 27.5 Å². The van der Waals surface area contributed by atoms with Crippen LogP contribution in [0.15, 0.2) is 144 Å². The fourth-order valence-corrected chi connectivity index (χ4v) is 6.94. The van der Waals surface area contributed by atoms with Crippen molar-refractivity contribution in [3.63, 3.8) is 0 Å². The van der Waals surface area contributed by atoms with Crippen molar-refractivity contribution in [3.05, 3.63) is 156 Å². The molecule has 50 heavy (non-hydrogen) atoms. The van der Waals surface area contributed by atoms with Gasteiger partial charge in [-0.15, -0.1) is 0 Å². The molecule has 0 saturated carbocycles. The molecule has 0 fully saturated rings. The molecule has 0 unspecified atom stereocenters. The van der Waals surface area contributed by atoms with Crippen LogP contribution in [0.3, 0.4) is 0 Å². The minimum Gasteiger partial charge on any atom is -0.457 e. The Balaban J connectivity index is 1.53. The maximum absolute atomic E-state index is 14.7. The molecule has 0 aliphatic carbocycles. The van der Waals surface area contributed by atoms with E-state index < -0.39 is 28.5 Å². The van der Waals surface area contributed by atoms with E-state index in [1.54, 1.807) is 42.5 Å². The molecule has 5 aromatic rings. The number of unbranched alkanes of at least 4 members (excludes halogenated alkanes) is 1. The smallest absolute Gasteiger partial charge is 0.264 e. The van der Waals surface area contributed by atoms with Crippen molar-refractivity contribution in [1.82, 2.24) is 10.2 Å². The van der Waals surface area contributed by atoms with Crippen LogP contribution in [0.4, 0.5) is 5.69 Å². The van der Waals surface area contributed by atoms with E-state index in [-0.39, 0.29) is 29.5 Å². The summed E-state index contributed by atoms with van der Waals surface area (Å²) in [6, 6.07) is 40.3. The molecule has 0 heterocycles. The van der Waals surface area contributed by atoms with Crippen molar-refractivity contribution in [2.75, 3.05) is 17.4 Å². The second-order valence-electron chi connectivity index (χ2n) is 12.1. The summed E-state index contributed by atoms with van der Waals surface area (Å²) in [5.74, 6) is 0.345. The lowest BCUT2D eigenvalue weighted by atomic mass is 10.0. The molecule has 1 atom stereocenters. The molecular weight excluding hydrogens is 647 g/mol. The Kier molecular flexibility index (Phi) is 12.4. The molecule has 8 nitrogen and oxygen atoms in total. The monoisotopic (exact) mass is 689 g/mol. The lowest BCUT2D eigenvalue weighted by molar-refractivity contribution is -0.140. The van der Waals surface area contributed by atoms with Crippen LogP contribution in [0.5, 0.6) is 11.5 Å². The average Bonchev–Trinajstić information content (AvgIpc) is 3.14. The van der Waals surface area contributed by atoms with E-state index in [0.717, 1.165) is 33.8 Å². The third-order valence-corrected chi connectivity index (χ3v) is 10.1. The third kappa shape index (κ3) is 9.60. The van der Waals surface area contributed by atoms with Gasteiger partial charge < -0.3 is 15.0 Å². The number of hydrogen-bond acceptors (Lipinski definition) is 5. The van der Waals surface area contributed by atoms with Crippen molar-refractivity contribution in [3.8, 4) is 11.5 Å². The van der Waals surface area contributed by atoms with E-state index >= 15 is 0 Å². The molecule has 0 aliphatic heterocycles. The molecular formula is C41H43N3O5S. The Hall–Kier alpha value is -5.41. The number of carbonyl (C=O) groups is 2. The van der Waals surface area contributed by atoms with Crippen molar-refractivity contribution in [1.29, 1.82) is 0 Å². The number of benzene rings is 5. The first-order chi connectivity index (χ1) is 24.2. The summed E-state index contributed by atoms with van der Waals surface area (Å²) in [7, 11) is -4.21. The van der Waals surface area contributed by atoms with Gasteiger partial charge in [-0.3, -0.25) is 13.9 Å². The van der Waals surface area contributed by atoms with Gasteiger partial charge in [0.25, 0.3) is 10.0 Å². The molecule has 0 saturated heterocycles. The molecule has 0 aliphatic rings. The number of nitrogens with one attached hydrogen (secondary N) is 1. The van der Waals surface area contributed by atoms with E-state index in [9.17, 15) is 18.0 Å². The summed E-state index contributed by atoms with van der Waals surface area (Å²) < 4.78 is 35.6. The molecule has 5 aromatic carbocycles. The Morgan fingerprint density at radius 1 is 0.720 bits per heavy atom. The molecule has 258 valence electrons. The van der Waals surface area contributed by atoms with Crippen molar-refractivity contribution in [2.24, 2.45) is 0 Å². The predicted molar refractivity (Wildman–Crippen MR) is 198 cm³/mol. The summed E-state index contributed by atoms with van der Waals surface area (Å²) in [6.07, 6.45) is 1.95. The van der Waals surface area contributed by atoms with Crippen LogP contribution < -0.4 is 14.4 Å². The van der Waals surface area contributed by atoms with Gasteiger partial charge in [0.15, 0.2) is 0 Å². The Morgan fingerprint density at radius 2 is 1.30 bits per heavy atom. The summed E-state index contributed by atoms with van der Waals surface area (Å²) in [4.78, 5) is 30.1. The Morgan fingerprint density at radius 3 is 1.92 bits per heavy atom. The van der Waals surface area contributed by atoms with Crippen molar-refractivity contribution < 1.29 is 22.7 Å². The molecule has 2 amide bonds. The third-order valence-electron chi connectivity index (χ3n) is 8.29. The number of nitrogens with zero attached hydrogens (tertiary/aromatic N) is 2. The van der Waals surface area contributed by atoms with Crippen LogP contribution in [0.2, 0.25) is 0 Å². The van der Waals surface area contributed by atoms with E-state index in [2.05, 4.69) is 5.32 Å². The fourth-order valence-electron chi connectivity index (χ4n) is 5.50. The topological polar surface area (TPSA) is 96.0 Å². The molecule has 9 heteroatoms. The maximum atomic E-state index is 14.7. The number of amides is 2. The second-order valence-corrected chi connectivity index (χ2v) is 14.0. The van der Waals surface area contributed by atoms with Gasteiger partial charge in [0.05, 0.1) is 10.6 Å². The highest BCUT2D eigenvalue weighted by Gasteiger charge is 2.34. The van der Waals surface area contributed by atoms with Crippen LogP contribution in [-0.4, -0.2) is 44.3 Å². The van der Waals surface area contributed by atoms with Gasteiger partial charge in [-0.05, 0) is 73.0 Å². The summed E-state index contributed by atoms with van der Waals surface area (Å²) in [5.41, 5.74) is 3.05. The minimum absolute atomic E-state index is 0.0423. The number of sulfonamides is 1. The van der Waals surface area contributed by atoms with Gasteiger partial charge in [-0.2, -0.15) is 0 Å². The van der Waals surface area contributed by atoms with Crippen LogP contribution in [0.1, 0.15) is 36.5 Å². The first-order valence-corrected chi connectivity index (χ1v) is 18.3. The number of ether oxygens (including phenoxy) is 1. The molecule has 1 N–H and O–H groups in total. The average molecular weight is 690 g/mol. The Labute approximate surface area is 295 Å². The number of rotatable bonds is 16. The largest absolute Gasteiger partial charge is 0.457 e. The van der Waals surface area contributed by atoms with E-state index in [4.69, 9.17) is 4.74 Å². The highest BCUT2D eigenvalue weighted by molar-refractivity contribution is 7.92. The first kappa shape index (κ1) is 35.9. The van der Waals surface area contributed by atoms with Crippen LogP contribution >= 0.6 is 0 Å². The number of anilines is 1. The summed E-state index contributed by atoms with van der Waals surface area (Å²) >= 11 is 0. The van der Waals surface area contributed by atoms with Gasteiger partial charge in [0, 0.05) is 19.5 Å². The zero-order valence-electron chi connectivity index (χ0n) is 28.4. The highest BCUT2D eigenvalue weighted by Crippen LogP contribution is 2.29. The van der Waals surface area contributed by atoms with E-state index in [1.165, 1.54) is 17.0 Å². The summed E-state index contributed by atoms with van der Waals surface area (Å²) in [5, 5.41) is 3.02. The zero-order chi connectivity index (χ0) is 35.3. The summed E-state index contributed by atoms with van der Waals surface area (Å²) in [6.45, 7) is 4.08. The molecule has 0 radical (unpaired) electrons. The standard InChI is InChI=1S/C41H43N3O5S/c1-3-4-28-42-41(46)39(29-33-14-8-5-9-15-33)43(30-34-22-20-32(2)21-23-34)40(45)31-44(50(47,48)38-18-12-7-13-19-38)35-24-26-37(27-25-35)49-36-16-10-6-11-17-36/h5-27,39H,3-4,28-31H2,1-2H3,(H,42,46)/t39-/m1/s1. The number of hydrogen-bond donors (Lipinski definition) is 1. The Bertz CT molecular complexity index is 1920. The predicted octanol–water partition coefficient (Wildman–Crippen LogP) is 7.54. The SMILES string of the molecule is CCCCNC(=O)[C@@H](Cc1ccccc1)N(Cc1ccc(C)cc1)C(=O)CN(c1ccc(Oc2ccccc2)cc1)S(=O)(=O)c1ccccc1. The van der Waals surface area contributed by atoms with Crippen LogP contribution in [0, 0.1) is 6.92 Å². The van der Waals surface area contributed by atoms with Gasteiger partial charge in [-0.25, -0.2) is 8.42 Å². The molecule has 0 spiro atoms. The fraction of sp³-hybridized carbons (Fsp3) is 0.220. The second kappa shape index (κ2) is 17.3. The molecule has 5 rings (SSSR count). The maximum Gasteiger partial charge on any atom is 0.264 e. The van der Waals surface area contributed by atoms with Gasteiger partial charge in [0.2, 0.25) is 11.8 Å². The minimum atomic E-state index is -4.21. The molecule has 0 aromatic heterocycles. The van der Waals surface area contributed by atoms with Crippen molar-refractivity contribution in [2.45, 2.75) is 50.6 Å². The molecule has 0 bridgehead atoms. The van der Waals surface area contributed by atoms with Gasteiger partial charge in [-0.1, -0.05) is 110 Å². The zero-order valence-corrected chi connectivity index (χ0v) is 29.3. The van der Waals surface area contributed by atoms with Crippen LogP contribution in [0.25, 0.3) is 0 Å². The normalized spacial score (nSPS) is 11.7. The quantitative estimate of drug-likeness (QED) is 0.108. The number of carbonyl (C=O) groups excluding carboxylic acids is 2. The van der Waals surface area contributed by atoms with Gasteiger partial charge in [0.1, 0.15) is 24.1 Å². The van der Waals surface area contributed by atoms with E-state index in [0.29, 0.717) is 18.0 Å². The van der Waals surface area contributed by atoms with Gasteiger partial charge >= 0.3 is 0 Å². The lowest BCUT2D eigenvalue weighted by Gasteiger charge is -2.34. The number of para-hydroxylation sites is 1. The number of aryl methyl sites for hydroxylation is 1. The first-order valence-electron chi connectivity index (χ1n) is 16.8. The van der Waals surface area contributed by atoms with E-state index in [1.807, 2.05) is 98.8 Å². The van der Waals surface area contributed by atoms with Crippen LogP contribution in [-0.2, 0) is 32.6 Å². The highest BCUT2D eigenvalue weighted by atomic mass is 32.2.